The van der Waals surface area contributed by atoms with Gasteiger partial charge in [0.05, 0.1) is 6.10 Å². The molecule has 1 rings (SSSR count). The fourth-order valence-electron chi connectivity index (χ4n) is 2.05. The summed E-state index contributed by atoms with van der Waals surface area (Å²) >= 11 is 5.59. The monoisotopic (exact) mass is 254 g/mol. The van der Waals surface area contributed by atoms with Crippen molar-refractivity contribution in [1.82, 2.24) is 0 Å². The summed E-state index contributed by atoms with van der Waals surface area (Å²) in [4.78, 5) is 0. The molecule has 1 N–H and O–H groups in total. The van der Waals surface area contributed by atoms with E-state index >= 15 is 0 Å². The van der Waals surface area contributed by atoms with Crippen molar-refractivity contribution in [3.63, 3.8) is 0 Å². The van der Waals surface area contributed by atoms with Gasteiger partial charge in [-0.25, -0.2) is 0 Å². The van der Waals surface area contributed by atoms with E-state index in [1.807, 2.05) is 0 Å². The third-order valence-corrected chi connectivity index (χ3v) is 3.71. The van der Waals surface area contributed by atoms with Gasteiger partial charge in [0.2, 0.25) is 0 Å². The van der Waals surface area contributed by atoms with Crippen molar-refractivity contribution in [3.8, 4) is 0 Å². The molecule has 1 aromatic rings. The first-order valence-electron chi connectivity index (χ1n) is 6.51. The van der Waals surface area contributed by atoms with E-state index in [4.69, 9.17) is 11.6 Å². The van der Waals surface area contributed by atoms with Crippen LogP contribution < -0.4 is 0 Å². The van der Waals surface area contributed by atoms with Gasteiger partial charge in [0.1, 0.15) is 0 Å². The Morgan fingerprint density at radius 3 is 1.88 bits per heavy atom. The summed E-state index contributed by atoms with van der Waals surface area (Å²) in [6, 6.07) is 8.56. The lowest BCUT2D eigenvalue weighted by Crippen LogP contribution is -2.11. The quantitative estimate of drug-likeness (QED) is 0.734. The van der Waals surface area contributed by atoms with Gasteiger partial charge in [0, 0.05) is 5.88 Å². The number of aliphatic hydroxyl groups is 1. The average Bonchev–Trinajstić information content (AvgIpc) is 2.37. The van der Waals surface area contributed by atoms with E-state index in [1.165, 1.54) is 18.4 Å². The molecule has 0 bridgehead atoms. The number of benzene rings is 1. The van der Waals surface area contributed by atoms with Gasteiger partial charge in [-0.05, 0) is 29.9 Å². The average molecular weight is 255 g/mol. The van der Waals surface area contributed by atoms with E-state index in [-0.39, 0.29) is 0 Å². The van der Waals surface area contributed by atoms with E-state index in [1.54, 1.807) is 0 Å². The highest BCUT2D eigenvalue weighted by Crippen LogP contribution is 2.16. The highest BCUT2D eigenvalue weighted by Gasteiger charge is 2.06. The summed E-state index contributed by atoms with van der Waals surface area (Å²) < 4.78 is 0. The molecule has 0 heterocycles. The summed E-state index contributed by atoms with van der Waals surface area (Å²) in [6.45, 7) is 4.50. The Labute approximate surface area is 110 Å². The summed E-state index contributed by atoms with van der Waals surface area (Å²) in [5.74, 6) is 1.09. The van der Waals surface area contributed by atoms with Gasteiger partial charge in [-0.1, -0.05) is 51.0 Å². The van der Waals surface area contributed by atoms with Gasteiger partial charge in [0.15, 0.2) is 0 Å². The highest BCUT2D eigenvalue weighted by atomic mass is 35.5. The van der Waals surface area contributed by atoms with Crippen molar-refractivity contribution in [2.45, 2.75) is 45.6 Å². The molecule has 0 fully saturated rings. The smallest absolute Gasteiger partial charge is 0.0715 e. The molecule has 0 saturated carbocycles. The minimum absolute atomic E-state index is 0.301. The fourth-order valence-corrected chi connectivity index (χ4v) is 2.16. The second-order valence-corrected chi connectivity index (χ2v) is 5.02. The maximum Gasteiger partial charge on any atom is 0.0715 e. The summed E-state index contributed by atoms with van der Waals surface area (Å²) in [5.41, 5.74) is 2.55. The molecule has 2 heteroatoms. The van der Waals surface area contributed by atoms with E-state index in [0.717, 1.165) is 17.9 Å². The first-order valence-corrected chi connectivity index (χ1v) is 7.04. The Hall–Kier alpha value is -0.530. The van der Waals surface area contributed by atoms with Crippen LogP contribution in [0.5, 0.6) is 0 Å². The van der Waals surface area contributed by atoms with Crippen molar-refractivity contribution in [1.29, 1.82) is 0 Å². The van der Waals surface area contributed by atoms with E-state index in [0.29, 0.717) is 12.3 Å². The normalized spacial score (nSPS) is 13.0. The van der Waals surface area contributed by atoms with Crippen molar-refractivity contribution in [2.24, 2.45) is 5.92 Å². The summed E-state index contributed by atoms with van der Waals surface area (Å²) in [7, 11) is 0. The molecule has 0 aliphatic rings. The van der Waals surface area contributed by atoms with E-state index < -0.39 is 6.10 Å². The number of aliphatic hydroxyl groups excluding tert-OH is 1. The van der Waals surface area contributed by atoms with Gasteiger partial charge in [0.25, 0.3) is 0 Å². The van der Waals surface area contributed by atoms with Gasteiger partial charge >= 0.3 is 0 Å². The molecule has 0 aliphatic heterocycles. The highest BCUT2D eigenvalue weighted by molar-refractivity contribution is 6.18. The first-order chi connectivity index (χ1) is 8.19. The summed E-state index contributed by atoms with van der Waals surface area (Å²) in [5, 5.41) is 9.47. The predicted molar refractivity (Wildman–Crippen MR) is 74.6 cm³/mol. The molecule has 1 nitrogen and oxygen atoms in total. The van der Waals surface area contributed by atoms with Crippen LogP contribution in [0.25, 0.3) is 0 Å². The van der Waals surface area contributed by atoms with Gasteiger partial charge in [-0.2, -0.15) is 0 Å². The third-order valence-electron chi connectivity index (χ3n) is 3.35. The van der Waals surface area contributed by atoms with E-state index in [9.17, 15) is 5.11 Å². The number of alkyl halides is 1. The number of halogens is 1. The maximum absolute atomic E-state index is 9.47. The molecule has 0 saturated heterocycles. The lowest BCUT2D eigenvalue weighted by Gasteiger charge is -2.13. The van der Waals surface area contributed by atoms with E-state index in [2.05, 4.69) is 38.1 Å². The van der Waals surface area contributed by atoms with Crippen molar-refractivity contribution in [3.05, 3.63) is 35.4 Å². The van der Waals surface area contributed by atoms with Crippen LogP contribution in [-0.4, -0.2) is 17.1 Å². The Bertz CT molecular complexity index is 303. The second-order valence-electron chi connectivity index (χ2n) is 4.72. The Morgan fingerprint density at radius 1 is 1.00 bits per heavy atom. The van der Waals surface area contributed by atoms with Crippen molar-refractivity contribution >= 4 is 11.6 Å². The molecule has 96 valence electrons. The molecular formula is C15H23ClO. The van der Waals surface area contributed by atoms with Crippen LogP contribution in [0.15, 0.2) is 24.3 Å². The first kappa shape index (κ1) is 14.5. The van der Waals surface area contributed by atoms with Crippen molar-refractivity contribution < 1.29 is 5.11 Å². The standard InChI is InChI=1S/C15H23ClO/c1-3-12(4-2)9-13-5-7-14(8-6-13)10-15(17)11-16/h5-8,12,15,17H,3-4,9-11H2,1-2H3. The zero-order valence-electron chi connectivity index (χ0n) is 10.8. The van der Waals surface area contributed by atoms with Gasteiger partial charge in [-0.3, -0.25) is 0 Å². The lowest BCUT2D eigenvalue weighted by atomic mass is 9.94. The number of rotatable bonds is 7. The van der Waals surface area contributed by atoms with Gasteiger partial charge in [-0.15, -0.1) is 11.6 Å². The molecule has 1 atom stereocenters. The maximum atomic E-state index is 9.47. The topological polar surface area (TPSA) is 20.2 Å². The van der Waals surface area contributed by atoms with Crippen LogP contribution in [-0.2, 0) is 12.8 Å². The lowest BCUT2D eigenvalue weighted by molar-refractivity contribution is 0.199. The second kappa shape index (κ2) is 7.73. The molecule has 17 heavy (non-hydrogen) atoms. The molecule has 0 aromatic heterocycles. The minimum Gasteiger partial charge on any atom is -0.392 e. The Kier molecular flexibility index (Phi) is 6.61. The third kappa shape index (κ3) is 5.10. The summed E-state index contributed by atoms with van der Waals surface area (Å²) in [6.07, 6.45) is 3.86. The van der Waals surface area contributed by atoms with Crippen LogP contribution in [0.4, 0.5) is 0 Å². The molecule has 1 aromatic carbocycles. The minimum atomic E-state index is -0.429. The van der Waals surface area contributed by atoms with Crippen LogP contribution >= 0.6 is 11.6 Å². The zero-order valence-corrected chi connectivity index (χ0v) is 11.6. The Morgan fingerprint density at radius 2 is 1.47 bits per heavy atom. The largest absolute Gasteiger partial charge is 0.392 e. The molecule has 0 amide bonds. The molecular weight excluding hydrogens is 232 g/mol. The SMILES string of the molecule is CCC(CC)Cc1ccc(CC(O)CCl)cc1. The van der Waals surface area contributed by atoms with Gasteiger partial charge < -0.3 is 5.11 Å². The number of hydrogen-bond donors (Lipinski definition) is 1. The van der Waals surface area contributed by atoms with Crippen molar-refractivity contribution in [2.75, 3.05) is 5.88 Å². The predicted octanol–water partition coefficient (Wildman–Crippen LogP) is 3.81. The van der Waals surface area contributed by atoms with Crippen LogP contribution in [0, 0.1) is 5.92 Å². The van der Waals surface area contributed by atoms with Crippen LogP contribution in [0.2, 0.25) is 0 Å². The Balaban J connectivity index is 2.55. The molecule has 1 unspecified atom stereocenters. The molecule has 0 radical (unpaired) electrons. The zero-order chi connectivity index (χ0) is 12.7. The molecule has 0 spiro atoms. The van der Waals surface area contributed by atoms with Crippen LogP contribution in [0.1, 0.15) is 37.8 Å². The number of hydrogen-bond acceptors (Lipinski definition) is 1. The fraction of sp³-hybridized carbons (Fsp3) is 0.600. The van der Waals surface area contributed by atoms with Crippen LogP contribution in [0.3, 0.4) is 0 Å². The molecule has 0 aliphatic carbocycles.